The zero-order valence-electron chi connectivity index (χ0n) is 17.1. The number of nitrogens with zero attached hydrogens (tertiary/aromatic N) is 1. The lowest BCUT2D eigenvalue weighted by Crippen LogP contribution is -2.54. The molecule has 10 heteroatoms. The van der Waals surface area contributed by atoms with Gasteiger partial charge in [0.15, 0.2) is 22.7 Å². The van der Waals surface area contributed by atoms with E-state index in [1.54, 1.807) is 43.3 Å². The van der Waals surface area contributed by atoms with Crippen molar-refractivity contribution in [2.75, 3.05) is 11.5 Å². The highest BCUT2D eigenvalue weighted by Crippen LogP contribution is 2.31. The van der Waals surface area contributed by atoms with Crippen LogP contribution in [0.25, 0.3) is 6.08 Å². The van der Waals surface area contributed by atoms with Gasteiger partial charge in [-0.3, -0.25) is 19.8 Å². The van der Waals surface area contributed by atoms with Crippen LogP contribution in [0, 0.1) is 0 Å². The maximum Gasteiger partial charge on any atom is 0.344 e. The highest BCUT2D eigenvalue weighted by atomic mass is 35.5. The number of carboxylic acid groups (broad SMARTS) is 1. The number of anilines is 1. The van der Waals surface area contributed by atoms with E-state index in [0.29, 0.717) is 22.9 Å². The van der Waals surface area contributed by atoms with Crippen molar-refractivity contribution >= 4 is 58.5 Å². The van der Waals surface area contributed by atoms with E-state index in [4.69, 9.17) is 38.4 Å². The first-order chi connectivity index (χ1) is 15.2. The minimum Gasteiger partial charge on any atom is -0.490 e. The van der Waals surface area contributed by atoms with Crippen molar-refractivity contribution < 1.29 is 29.0 Å². The van der Waals surface area contributed by atoms with Crippen LogP contribution in [-0.4, -0.2) is 40.7 Å². The number of benzene rings is 2. The van der Waals surface area contributed by atoms with E-state index >= 15 is 0 Å². The Morgan fingerprint density at radius 2 is 2.00 bits per heavy atom. The molecule has 1 saturated heterocycles. The van der Waals surface area contributed by atoms with Crippen LogP contribution in [0.4, 0.5) is 5.69 Å². The summed E-state index contributed by atoms with van der Waals surface area (Å²) in [5.41, 5.74) is 0.745. The molecule has 32 heavy (non-hydrogen) atoms. The molecule has 1 aliphatic rings. The Hall–Kier alpha value is -3.43. The van der Waals surface area contributed by atoms with E-state index in [0.717, 1.165) is 0 Å². The van der Waals surface area contributed by atoms with Gasteiger partial charge in [0.05, 0.1) is 12.3 Å². The molecule has 0 radical (unpaired) electrons. The molecule has 1 fully saturated rings. The van der Waals surface area contributed by atoms with Crippen LogP contribution >= 0.6 is 23.8 Å². The minimum absolute atomic E-state index is 0.0548. The molecule has 8 nitrogen and oxygen atoms in total. The molecule has 3 rings (SSSR count). The molecule has 1 heterocycles. The maximum atomic E-state index is 13.1. The van der Waals surface area contributed by atoms with E-state index in [1.165, 1.54) is 24.0 Å². The molecule has 0 bridgehead atoms. The number of thiocarbonyl (C=S) groups is 1. The minimum atomic E-state index is -1.12. The summed E-state index contributed by atoms with van der Waals surface area (Å²) in [6, 6.07) is 11.2. The second-order valence-electron chi connectivity index (χ2n) is 6.68. The van der Waals surface area contributed by atoms with Crippen LogP contribution in [0.15, 0.2) is 48.0 Å². The van der Waals surface area contributed by atoms with Crippen molar-refractivity contribution in [3.05, 3.63) is 58.6 Å². The molecule has 0 spiro atoms. The number of nitrogens with one attached hydrogen (secondary N) is 1. The number of hydrogen-bond donors (Lipinski definition) is 2. The van der Waals surface area contributed by atoms with Gasteiger partial charge in [0.2, 0.25) is 0 Å². The predicted molar refractivity (Wildman–Crippen MR) is 123 cm³/mol. The zero-order chi connectivity index (χ0) is 23.4. The molecule has 2 N–H and O–H groups in total. The second-order valence-corrected chi connectivity index (χ2v) is 7.50. The highest BCUT2D eigenvalue weighted by molar-refractivity contribution is 7.80. The van der Waals surface area contributed by atoms with Gasteiger partial charge >= 0.3 is 5.97 Å². The van der Waals surface area contributed by atoms with Crippen LogP contribution in [0.1, 0.15) is 19.4 Å². The average Bonchev–Trinajstić information content (AvgIpc) is 2.73. The van der Waals surface area contributed by atoms with Gasteiger partial charge < -0.3 is 14.6 Å². The number of carboxylic acids is 1. The fourth-order valence-electron chi connectivity index (χ4n) is 2.89. The van der Waals surface area contributed by atoms with E-state index in [1.807, 2.05) is 0 Å². The van der Waals surface area contributed by atoms with Gasteiger partial charge in [-0.25, -0.2) is 4.79 Å². The van der Waals surface area contributed by atoms with Gasteiger partial charge in [-0.15, -0.1) is 0 Å². The smallest absolute Gasteiger partial charge is 0.344 e. The Morgan fingerprint density at radius 1 is 1.25 bits per heavy atom. The molecule has 0 saturated carbocycles. The predicted octanol–water partition coefficient (Wildman–Crippen LogP) is 3.42. The molecule has 2 amide bonds. The normalized spacial score (nSPS) is 16.0. The van der Waals surface area contributed by atoms with E-state index in [2.05, 4.69) is 5.32 Å². The molecule has 0 aromatic heterocycles. The number of carbonyl (C=O) groups is 3. The van der Waals surface area contributed by atoms with Gasteiger partial charge in [0, 0.05) is 5.02 Å². The molecule has 1 atom stereocenters. The third-order valence-corrected chi connectivity index (χ3v) is 4.92. The largest absolute Gasteiger partial charge is 0.490 e. The Labute approximate surface area is 194 Å². The Morgan fingerprint density at radius 3 is 2.66 bits per heavy atom. The Kier molecular flexibility index (Phi) is 7.12. The van der Waals surface area contributed by atoms with Crippen molar-refractivity contribution in [2.24, 2.45) is 0 Å². The Balaban J connectivity index is 1.97. The summed E-state index contributed by atoms with van der Waals surface area (Å²) >= 11 is 11.2. The van der Waals surface area contributed by atoms with Crippen LogP contribution in [-0.2, 0) is 14.4 Å². The number of halogens is 1. The maximum absolute atomic E-state index is 13.1. The van der Waals surface area contributed by atoms with Gasteiger partial charge in [0.25, 0.3) is 11.8 Å². The number of aliphatic carboxylic acids is 1. The summed E-state index contributed by atoms with van der Waals surface area (Å²) < 4.78 is 11.0. The number of hydrogen-bond acceptors (Lipinski definition) is 6. The van der Waals surface area contributed by atoms with E-state index in [-0.39, 0.29) is 22.2 Å². The number of rotatable bonds is 7. The third-order valence-electron chi connectivity index (χ3n) is 4.40. The molecule has 2 aromatic carbocycles. The fraction of sp³-hybridized carbons (Fsp3) is 0.182. The summed E-state index contributed by atoms with van der Waals surface area (Å²) in [6.45, 7) is 3.46. The van der Waals surface area contributed by atoms with E-state index in [9.17, 15) is 14.4 Å². The van der Waals surface area contributed by atoms with Crippen LogP contribution < -0.4 is 19.7 Å². The lowest BCUT2D eigenvalue weighted by atomic mass is 10.1. The molecular weight excluding hydrogens is 456 g/mol. The first-order valence-corrected chi connectivity index (χ1v) is 10.3. The van der Waals surface area contributed by atoms with Crippen molar-refractivity contribution in [3.8, 4) is 11.5 Å². The average molecular weight is 475 g/mol. The first-order valence-electron chi connectivity index (χ1n) is 9.54. The molecular formula is C22H19ClN2O6S. The first kappa shape index (κ1) is 23.2. The van der Waals surface area contributed by atoms with E-state index < -0.39 is 23.9 Å². The lowest BCUT2D eigenvalue weighted by molar-refractivity contribution is -0.144. The van der Waals surface area contributed by atoms with Gasteiger partial charge in [-0.1, -0.05) is 23.7 Å². The topological polar surface area (TPSA) is 105 Å². The molecule has 0 unspecified atom stereocenters. The zero-order valence-corrected chi connectivity index (χ0v) is 18.7. The van der Waals surface area contributed by atoms with Crippen molar-refractivity contribution in [3.63, 3.8) is 0 Å². The summed E-state index contributed by atoms with van der Waals surface area (Å²) in [6.07, 6.45) is 0.306. The molecule has 1 aliphatic heterocycles. The second kappa shape index (κ2) is 9.80. The summed E-state index contributed by atoms with van der Waals surface area (Å²) in [7, 11) is 0. The lowest BCUT2D eigenvalue weighted by Gasteiger charge is -2.29. The van der Waals surface area contributed by atoms with Gasteiger partial charge in [-0.05, 0) is 68.0 Å². The number of amides is 2. The Bertz CT molecular complexity index is 1130. The van der Waals surface area contributed by atoms with Gasteiger partial charge in [-0.2, -0.15) is 0 Å². The number of carbonyl (C=O) groups excluding carboxylic acids is 2. The standard InChI is InChI=1S/C22H19ClN2O6S/c1-3-30-18-10-13(7-8-17(18)31-12(2)21(28)29)9-16-19(26)24-22(32)25(20(16)27)15-6-4-5-14(23)11-15/h4-12H,3H2,1-2H3,(H,28,29)(H,24,26,32)/b16-9-/t12-/m0/s1. The van der Waals surface area contributed by atoms with Crippen molar-refractivity contribution in [1.82, 2.24) is 5.32 Å². The highest BCUT2D eigenvalue weighted by Gasteiger charge is 2.34. The summed E-state index contributed by atoms with van der Waals surface area (Å²) in [4.78, 5) is 37.9. The SMILES string of the molecule is CCOc1cc(/C=C2/C(=O)NC(=S)N(c3cccc(Cl)c3)C2=O)ccc1O[C@@H](C)C(=O)O. The monoisotopic (exact) mass is 474 g/mol. The van der Waals surface area contributed by atoms with Crippen LogP contribution in [0.3, 0.4) is 0 Å². The van der Waals surface area contributed by atoms with Crippen LogP contribution in [0.2, 0.25) is 5.02 Å². The third kappa shape index (κ3) is 5.06. The summed E-state index contributed by atoms with van der Waals surface area (Å²) in [5.74, 6) is -1.87. The fourth-order valence-corrected chi connectivity index (χ4v) is 3.36. The number of ether oxygens (including phenoxy) is 2. The van der Waals surface area contributed by atoms with Crippen molar-refractivity contribution in [1.29, 1.82) is 0 Å². The van der Waals surface area contributed by atoms with Crippen molar-refractivity contribution in [2.45, 2.75) is 20.0 Å². The molecule has 0 aliphatic carbocycles. The van der Waals surface area contributed by atoms with Gasteiger partial charge in [0.1, 0.15) is 5.57 Å². The van der Waals surface area contributed by atoms with Crippen LogP contribution in [0.5, 0.6) is 11.5 Å². The quantitative estimate of drug-likeness (QED) is 0.360. The molecule has 2 aromatic rings. The summed E-state index contributed by atoms with van der Waals surface area (Å²) in [5, 5.41) is 11.9. The molecule has 166 valence electrons.